The molecule has 0 amide bonds. The van der Waals surface area contributed by atoms with E-state index in [0.29, 0.717) is 18.1 Å². The molecule has 1 aliphatic rings. The highest BCUT2D eigenvalue weighted by atomic mass is 16.5. The summed E-state index contributed by atoms with van der Waals surface area (Å²) in [5.74, 6) is 0.676. The van der Waals surface area contributed by atoms with Crippen molar-refractivity contribution in [3.05, 3.63) is 12.3 Å². The molecule has 16 heavy (non-hydrogen) atoms. The van der Waals surface area contributed by atoms with Gasteiger partial charge in [-0.1, -0.05) is 13.8 Å². The van der Waals surface area contributed by atoms with Crippen molar-refractivity contribution in [1.29, 1.82) is 0 Å². The maximum Gasteiger partial charge on any atom is 0.110 e. The molecule has 0 fully saturated rings. The zero-order valence-electron chi connectivity index (χ0n) is 11.1. The molecule has 0 saturated heterocycles. The fourth-order valence-electron chi connectivity index (χ4n) is 2.14. The van der Waals surface area contributed by atoms with Gasteiger partial charge in [0.05, 0.1) is 6.26 Å². The minimum atomic E-state index is 0.361. The molecular weight excluding hydrogens is 200 g/mol. The fraction of sp³-hybridized carbons (Fsp3) is 0.846. The molecule has 1 aliphatic heterocycles. The summed E-state index contributed by atoms with van der Waals surface area (Å²) in [6, 6.07) is 0.596. The summed E-state index contributed by atoms with van der Waals surface area (Å²) < 4.78 is 5.52. The number of hydrogen-bond donors (Lipinski definition) is 1. The van der Waals surface area contributed by atoms with Gasteiger partial charge in [-0.05, 0) is 38.9 Å². The highest BCUT2D eigenvalue weighted by Gasteiger charge is 2.16. The Morgan fingerprint density at radius 2 is 2.19 bits per heavy atom. The summed E-state index contributed by atoms with van der Waals surface area (Å²) in [7, 11) is 4.29. The topological polar surface area (TPSA) is 24.5 Å². The molecule has 3 nitrogen and oxygen atoms in total. The average molecular weight is 226 g/mol. The molecule has 0 aliphatic carbocycles. The second-order valence-corrected chi connectivity index (χ2v) is 5.14. The Bertz CT molecular complexity index is 206. The van der Waals surface area contributed by atoms with E-state index in [-0.39, 0.29) is 0 Å². The molecular formula is C13H26N2O. The number of hydrogen-bond acceptors (Lipinski definition) is 3. The van der Waals surface area contributed by atoms with Gasteiger partial charge in [0.25, 0.3) is 0 Å². The first kappa shape index (κ1) is 13.5. The highest BCUT2D eigenvalue weighted by Crippen LogP contribution is 2.10. The van der Waals surface area contributed by atoms with Crippen LogP contribution in [0.1, 0.15) is 26.7 Å². The molecule has 0 saturated carbocycles. The normalized spacial score (nSPS) is 22.5. The van der Waals surface area contributed by atoms with E-state index in [1.165, 1.54) is 0 Å². The van der Waals surface area contributed by atoms with Gasteiger partial charge >= 0.3 is 0 Å². The van der Waals surface area contributed by atoms with Gasteiger partial charge in [-0.2, -0.15) is 0 Å². The van der Waals surface area contributed by atoms with Crippen LogP contribution in [0.4, 0.5) is 0 Å². The second kappa shape index (κ2) is 6.92. The average Bonchev–Trinajstić information content (AvgIpc) is 2.24. The lowest BCUT2D eigenvalue weighted by molar-refractivity contribution is 0.118. The Balaban J connectivity index is 2.19. The SMILES string of the molecule is CC(C)C(CNCC1CCC=CO1)N(C)C. The summed E-state index contributed by atoms with van der Waals surface area (Å²) in [4.78, 5) is 2.29. The maximum atomic E-state index is 5.52. The molecule has 1 rings (SSSR count). The summed E-state index contributed by atoms with van der Waals surface area (Å²) in [5, 5.41) is 3.52. The third-order valence-corrected chi connectivity index (χ3v) is 3.18. The number of nitrogens with one attached hydrogen (secondary N) is 1. The summed E-state index contributed by atoms with van der Waals surface area (Å²) in [6.45, 7) is 6.54. The van der Waals surface area contributed by atoms with Crippen molar-refractivity contribution < 1.29 is 4.74 Å². The molecule has 0 bridgehead atoms. The minimum Gasteiger partial charge on any atom is -0.497 e. The second-order valence-electron chi connectivity index (χ2n) is 5.14. The molecule has 1 heterocycles. The molecule has 3 heteroatoms. The zero-order valence-corrected chi connectivity index (χ0v) is 11.1. The van der Waals surface area contributed by atoms with Gasteiger partial charge in [-0.15, -0.1) is 0 Å². The highest BCUT2D eigenvalue weighted by molar-refractivity contribution is 4.83. The minimum absolute atomic E-state index is 0.361. The van der Waals surface area contributed by atoms with Crippen LogP contribution in [0.2, 0.25) is 0 Å². The first-order valence-electron chi connectivity index (χ1n) is 6.29. The standard InChI is InChI=1S/C13H26N2O/c1-11(2)13(15(3)4)10-14-9-12-7-5-6-8-16-12/h6,8,11-14H,5,7,9-10H2,1-4H3. The van der Waals surface area contributed by atoms with E-state index in [4.69, 9.17) is 4.74 Å². The van der Waals surface area contributed by atoms with Crippen LogP contribution in [-0.4, -0.2) is 44.2 Å². The van der Waals surface area contributed by atoms with Crippen LogP contribution in [0.5, 0.6) is 0 Å². The lowest BCUT2D eigenvalue weighted by Crippen LogP contribution is -2.43. The monoisotopic (exact) mass is 226 g/mol. The molecule has 2 unspecified atom stereocenters. The van der Waals surface area contributed by atoms with Gasteiger partial charge in [0, 0.05) is 19.1 Å². The summed E-state index contributed by atoms with van der Waals surface area (Å²) >= 11 is 0. The van der Waals surface area contributed by atoms with Gasteiger partial charge in [0.15, 0.2) is 0 Å². The lowest BCUT2D eigenvalue weighted by Gasteiger charge is -2.29. The van der Waals surface area contributed by atoms with Crippen molar-refractivity contribution in [2.45, 2.75) is 38.8 Å². The van der Waals surface area contributed by atoms with Crippen LogP contribution in [0, 0.1) is 5.92 Å². The molecule has 0 aromatic rings. The van der Waals surface area contributed by atoms with Crippen molar-refractivity contribution in [1.82, 2.24) is 10.2 Å². The van der Waals surface area contributed by atoms with Crippen molar-refractivity contribution in [3.63, 3.8) is 0 Å². The largest absolute Gasteiger partial charge is 0.497 e. The summed E-state index contributed by atoms with van der Waals surface area (Å²) in [6.07, 6.45) is 6.57. The van der Waals surface area contributed by atoms with Crippen LogP contribution in [0.3, 0.4) is 0 Å². The number of likely N-dealkylation sites (N-methyl/N-ethyl adjacent to an activating group) is 1. The molecule has 1 N–H and O–H groups in total. The third-order valence-electron chi connectivity index (χ3n) is 3.18. The quantitative estimate of drug-likeness (QED) is 0.748. The Labute approximate surface area is 99.8 Å². The molecule has 0 spiro atoms. The maximum absolute atomic E-state index is 5.52. The van der Waals surface area contributed by atoms with Gasteiger partial charge in [-0.25, -0.2) is 0 Å². The number of rotatable bonds is 6. The van der Waals surface area contributed by atoms with Crippen LogP contribution in [-0.2, 0) is 4.74 Å². The van der Waals surface area contributed by atoms with Crippen molar-refractivity contribution in [2.24, 2.45) is 5.92 Å². The van der Waals surface area contributed by atoms with E-state index in [0.717, 1.165) is 25.9 Å². The van der Waals surface area contributed by atoms with Crippen LogP contribution in [0.25, 0.3) is 0 Å². The Morgan fingerprint density at radius 3 is 2.69 bits per heavy atom. The van der Waals surface area contributed by atoms with E-state index >= 15 is 0 Å². The number of allylic oxidation sites excluding steroid dienone is 1. The number of ether oxygens (including phenoxy) is 1. The van der Waals surface area contributed by atoms with Gasteiger partial charge in [0.1, 0.15) is 6.10 Å². The van der Waals surface area contributed by atoms with Crippen LogP contribution >= 0.6 is 0 Å². The van der Waals surface area contributed by atoms with E-state index < -0.39 is 0 Å². The predicted octanol–water partition coefficient (Wildman–Crippen LogP) is 1.85. The first-order valence-corrected chi connectivity index (χ1v) is 6.29. The van der Waals surface area contributed by atoms with E-state index in [9.17, 15) is 0 Å². The molecule has 94 valence electrons. The lowest BCUT2D eigenvalue weighted by atomic mass is 10.0. The molecule has 0 radical (unpaired) electrons. The van der Waals surface area contributed by atoms with Crippen molar-refractivity contribution in [3.8, 4) is 0 Å². The summed E-state index contributed by atoms with van der Waals surface area (Å²) in [5.41, 5.74) is 0. The van der Waals surface area contributed by atoms with E-state index in [1.54, 1.807) is 0 Å². The third kappa shape index (κ3) is 4.54. The Kier molecular flexibility index (Phi) is 5.85. The molecule has 0 aromatic heterocycles. The Hall–Kier alpha value is -0.540. The molecule has 2 atom stereocenters. The van der Waals surface area contributed by atoms with Crippen LogP contribution < -0.4 is 5.32 Å². The van der Waals surface area contributed by atoms with Gasteiger partial charge < -0.3 is 15.0 Å². The Morgan fingerprint density at radius 1 is 1.44 bits per heavy atom. The van der Waals surface area contributed by atoms with Crippen molar-refractivity contribution >= 4 is 0 Å². The predicted molar refractivity (Wildman–Crippen MR) is 68.4 cm³/mol. The smallest absolute Gasteiger partial charge is 0.110 e. The zero-order chi connectivity index (χ0) is 12.0. The first-order chi connectivity index (χ1) is 7.61. The van der Waals surface area contributed by atoms with E-state index in [1.807, 2.05) is 6.26 Å². The molecule has 0 aromatic carbocycles. The van der Waals surface area contributed by atoms with E-state index in [2.05, 4.69) is 44.2 Å². The fourth-order valence-corrected chi connectivity index (χ4v) is 2.14. The van der Waals surface area contributed by atoms with Gasteiger partial charge in [0.2, 0.25) is 0 Å². The van der Waals surface area contributed by atoms with Crippen molar-refractivity contribution in [2.75, 3.05) is 27.2 Å². The van der Waals surface area contributed by atoms with Gasteiger partial charge in [-0.3, -0.25) is 0 Å². The number of nitrogens with zero attached hydrogens (tertiary/aromatic N) is 1. The van der Waals surface area contributed by atoms with Crippen LogP contribution in [0.15, 0.2) is 12.3 Å².